The first-order chi connectivity index (χ1) is 12.8. The predicted molar refractivity (Wildman–Crippen MR) is 103 cm³/mol. The quantitative estimate of drug-likeness (QED) is 0.661. The van der Waals surface area contributed by atoms with Gasteiger partial charge in [0, 0.05) is 30.8 Å². The Morgan fingerprint density at radius 2 is 1.81 bits per heavy atom. The van der Waals surface area contributed by atoms with Crippen molar-refractivity contribution < 1.29 is 14.5 Å². The van der Waals surface area contributed by atoms with Crippen LogP contribution in [-0.2, 0) is 9.59 Å². The van der Waals surface area contributed by atoms with Gasteiger partial charge in [-0.1, -0.05) is 12.1 Å². The highest BCUT2D eigenvalue weighted by molar-refractivity contribution is 6.03. The van der Waals surface area contributed by atoms with E-state index in [1.54, 1.807) is 17.9 Å². The molecule has 1 aliphatic heterocycles. The number of rotatable bonds is 4. The monoisotopic (exact) mass is 367 g/mol. The van der Waals surface area contributed by atoms with Gasteiger partial charge in [0.1, 0.15) is 0 Å². The van der Waals surface area contributed by atoms with E-state index in [2.05, 4.69) is 5.32 Å². The third kappa shape index (κ3) is 3.81. The zero-order chi connectivity index (χ0) is 19.7. The van der Waals surface area contributed by atoms with E-state index in [9.17, 15) is 19.7 Å². The summed E-state index contributed by atoms with van der Waals surface area (Å²) in [5.41, 5.74) is 4.04. The van der Waals surface area contributed by atoms with Crippen LogP contribution in [0.5, 0.6) is 0 Å². The van der Waals surface area contributed by atoms with Crippen molar-refractivity contribution in [2.75, 3.05) is 16.8 Å². The van der Waals surface area contributed by atoms with E-state index in [1.807, 2.05) is 32.0 Å². The SMILES string of the molecule is Cc1ccc(N2C[C@H](C(=O)Nc3cc([N+](=O)[O-])ccc3C)CC2=O)cc1C. The van der Waals surface area contributed by atoms with Crippen molar-refractivity contribution in [3.8, 4) is 0 Å². The van der Waals surface area contributed by atoms with Crippen molar-refractivity contribution in [1.82, 2.24) is 0 Å². The van der Waals surface area contributed by atoms with Crippen LogP contribution in [-0.4, -0.2) is 23.3 Å². The van der Waals surface area contributed by atoms with Gasteiger partial charge in [-0.15, -0.1) is 0 Å². The van der Waals surface area contributed by atoms with E-state index in [1.165, 1.54) is 12.1 Å². The van der Waals surface area contributed by atoms with E-state index < -0.39 is 10.8 Å². The summed E-state index contributed by atoms with van der Waals surface area (Å²) in [6.45, 7) is 6.04. The zero-order valence-electron chi connectivity index (χ0n) is 15.5. The van der Waals surface area contributed by atoms with Crippen molar-refractivity contribution in [3.63, 3.8) is 0 Å². The summed E-state index contributed by atoms with van der Waals surface area (Å²) in [4.78, 5) is 37.1. The lowest BCUT2D eigenvalue weighted by atomic mass is 10.1. The number of carbonyl (C=O) groups excluding carboxylic acids is 2. The molecule has 1 aliphatic rings. The third-order valence-corrected chi connectivity index (χ3v) is 4.99. The van der Waals surface area contributed by atoms with Crippen LogP contribution < -0.4 is 10.2 Å². The van der Waals surface area contributed by atoms with Gasteiger partial charge < -0.3 is 10.2 Å². The van der Waals surface area contributed by atoms with Crippen molar-refractivity contribution in [1.29, 1.82) is 0 Å². The maximum absolute atomic E-state index is 12.6. The Bertz CT molecular complexity index is 939. The third-order valence-electron chi connectivity index (χ3n) is 4.99. The summed E-state index contributed by atoms with van der Waals surface area (Å²) in [7, 11) is 0. The van der Waals surface area contributed by atoms with Crippen LogP contribution in [0, 0.1) is 36.8 Å². The lowest BCUT2D eigenvalue weighted by Gasteiger charge is -2.18. The fourth-order valence-corrected chi connectivity index (χ4v) is 3.12. The van der Waals surface area contributed by atoms with Gasteiger partial charge in [0.2, 0.25) is 11.8 Å². The molecule has 1 heterocycles. The number of nitro benzene ring substituents is 1. The molecule has 27 heavy (non-hydrogen) atoms. The number of hydrogen-bond acceptors (Lipinski definition) is 4. The molecule has 0 radical (unpaired) electrons. The Labute approximate surface area is 157 Å². The smallest absolute Gasteiger partial charge is 0.271 e. The number of aryl methyl sites for hydroxylation is 3. The second-order valence-corrected chi connectivity index (χ2v) is 6.92. The van der Waals surface area contributed by atoms with Gasteiger partial charge in [-0.25, -0.2) is 0 Å². The highest BCUT2D eigenvalue weighted by Crippen LogP contribution is 2.28. The fraction of sp³-hybridized carbons (Fsp3) is 0.300. The molecular formula is C20H21N3O4. The maximum atomic E-state index is 12.6. The van der Waals surface area contributed by atoms with E-state index in [0.29, 0.717) is 12.2 Å². The first-order valence-electron chi connectivity index (χ1n) is 8.70. The Balaban J connectivity index is 1.75. The normalized spacial score (nSPS) is 16.5. The molecule has 1 fully saturated rings. The lowest BCUT2D eigenvalue weighted by Crippen LogP contribution is -2.28. The standard InChI is InChI=1S/C20H21N3O4/c1-12-4-6-16(8-14(12)3)22-11-15(9-19(22)24)20(25)21-18-10-17(23(26)27)7-5-13(18)2/h4-8,10,15H,9,11H2,1-3H3,(H,21,25)/t15-/m1/s1. The maximum Gasteiger partial charge on any atom is 0.271 e. The predicted octanol–water partition coefficient (Wildman–Crippen LogP) is 3.51. The fourth-order valence-electron chi connectivity index (χ4n) is 3.12. The number of hydrogen-bond donors (Lipinski definition) is 1. The van der Waals surface area contributed by atoms with E-state index in [-0.39, 0.29) is 23.9 Å². The first-order valence-corrected chi connectivity index (χ1v) is 8.70. The number of nitrogens with one attached hydrogen (secondary N) is 1. The second kappa shape index (κ2) is 7.19. The van der Waals surface area contributed by atoms with Crippen LogP contribution in [0.1, 0.15) is 23.1 Å². The number of carbonyl (C=O) groups is 2. The molecular weight excluding hydrogens is 346 g/mol. The number of nitro groups is 1. The van der Waals surface area contributed by atoms with Crippen molar-refractivity contribution in [3.05, 3.63) is 63.2 Å². The average molecular weight is 367 g/mol. The van der Waals surface area contributed by atoms with Gasteiger partial charge in [0.05, 0.1) is 16.5 Å². The Morgan fingerprint density at radius 1 is 1.11 bits per heavy atom. The zero-order valence-corrected chi connectivity index (χ0v) is 15.5. The summed E-state index contributed by atoms with van der Waals surface area (Å²) in [6, 6.07) is 10.1. The van der Waals surface area contributed by atoms with E-state index in [0.717, 1.165) is 22.4 Å². The van der Waals surface area contributed by atoms with Crippen molar-refractivity contribution in [2.24, 2.45) is 5.92 Å². The van der Waals surface area contributed by atoms with Gasteiger partial charge in [0.25, 0.3) is 5.69 Å². The highest BCUT2D eigenvalue weighted by Gasteiger charge is 2.35. The second-order valence-electron chi connectivity index (χ2n) is 6.92. The van der Waals surface area contributed by atoms with E-state index >= 15 is 0 Å². The minimum absolute atomic E-state index is 0.0878. The number of amides is 2. The van der Waals surface area contributed by atoms with Crippen LogP contribution >= 0.6 is 0 Å². The topological polar surface area (TPSA) is 92.6 Å². The Hall–Kier alpha value is -3.22. The largest absolute Gasteiger partial charge is 0.325 e. The highest BCUT2D eigenvalue weighted by atomic mass is 16.6. The number of anilines is 2. The van der Waals surface area contributed by atoms with E-state index in [4.69, 9.17) is 0 Å². The molecule has 0 aliphatic carbocycles. The summed E-state index contributed by atoms with van der Waals surface area (Å²) in [5, 5.41) is 13.7. The first kappa shape index (κ1) is 18.6. The molecule has 2 amide bonds. The Kier molecular flexibility index (Phi) is 4.94. The molecule has 0 saturated carbocycles. The van der Waals surface area contributed by atoms with Gasteiger partial charge in [-0.3, -0.25) is 19.7 Å². The number of benzene rings is 2. The molecule has 1 N–H and O–H groups in total. The average Bonchev–Trinajstić information content (AvgIpc) is 3.01. The molecule has 140 valence electrons. The lowest BCUT2D eigenvalue weighted by molar-refractivity contribution is -0.384. The molecule has 2 aromatic carbocycles. The van der Waals surface area contributed by atoms with Crippen LogP contribution in [0.2, 0.25) is 0 Å². The van der Waals surface area contributed by atoms with Gasteiger partial charge in [-0.05, 0) is 49.6 Å². The van der Waals surface area contributed by atoms with Gasteiger partial charge in [0.15, 0.2) is 0 Å². The minimum Gasteiger partial charge on any atom is -0.325 e. The molecule has 0 aromatic heterocycles. The van der Waals surface area contributed by atoms with Crippen LogP contribution in [0.15, 0.2) is 36.4 Å². The van der Waals surface area contributed by atoms with Crippen LogP contribution in [0.25, 0.3) is 0 Å². The molecule has 0 bridgehead atoms. The Morgan fingerprint density at radius 3 is 2.48 bits per heavy atom. The molecule has 2 aromatic rings. The number of non-ortho nitro benzene ring substituents is 1. The van der Waals surface area contributed by atoms with Crippen LogP contribution in [0.4, 0.5) is 17.1 Å². The molecule has 3 rings (SSSR count). The molecule has 7 nitrogen and oxygen atoms in total. The minimum atomic E-state index is -0.504. The van der Waals surface area contributed by atoms with Gasteiger partial charge >= 0.3 is 0 Å². The van der Waals surface area contributed by atoms with Crippen molar-refractivity contribution in [2.45, 2.75) is 27.2 Å². The molecule has 7 heteroatoms. The summed E-state index contributed by atoms with van der Waals surface area (Å²) < 4.78 is 0. The summed E-state index contributed by atoms with van der Waals surface area (Å²) in [6.07, 6.45) is 0.118. The molecule has 1 saturated heterocycles. The molecule has 0 unspecified atom stereocenters. The summed E-state index contributed by atoms with van der Waals surface area (Å²) in [5.74, 6) is -0.912. The number of nitrogens with zero attached hydrogens (tertiary/aromatic N) is 2. The van der Waals surface area contributed by atoms with Crippen LogP contribution in [0.3, 0.4) is 0 Å². The van der Waals surface area contributed by atoms with Gasteiger partial charge in [-0.2, -0.15) is 0 Å². The molecule has 0 spiro atoms. The molecule has 1 atom stereocenters. The van der Waals surface area contributed by atoms with Crippen molar-refractivity contribution >= 4 is 28.9 Å². The summed E-state index contributed by atoms with van der Waals surface area (Å²) >= 11 is 0.